The van der Waals surface area contributed by atoms with Gasteiger partial charge < -0.3 is 18.6 Å². The average molecular weight is 330 g/mol. The second-order valence-electron chi connectivity index (χ2n) is 6.51. The molecule has 7 heteroatoms. The monoisotopic (exact) mass is 330 g/mol. The third kappa shape index (κ3) is 2.84. The number of carbonyl (C=O) groups excluding carboxylic acids is 1. The summed E-state index contributed by atoms with van der Waals surface area (Å²) in [5.41, 5.74) is 0.768. The van der Waals surface area contributed by atoms with Gasteiger partial charge in [-0.1, -0.05) is 12.8 Å². The van der Waals surface area contributed by atoms with E-state index < -0.39 is 0 Å². The zero-order chi connectivity index (χ0) is 16.5. The first-order valence-electron chi connectivity index (χ1n) is 8.60. The fraction of sp³-hybridized carbons (Fsp3) is 0.588. The van der Waals surface area contributed by atoms with E-state index in [1.54, 1.807) is 6.92 Å². The Balaban J connectivity index is 1.51. The van der Waals surface area contributed by atoms with E-state index in [0.29, 0.717) is 37.5 Å². The van der Waals surface area contributed by atoms with Crippen LogP contribution in [0.1, 0.15) is 60.1 Å². The van der Waals surface area contributed by atoms with E-state index in [0.717, 1.165) is 18.5 Å². The molecule has 1 aliphatic carbocycles. The van der Waals surface area contributed by atoms with Crippen molar-refractivity contribution in [1.29, 1.82) is 0 Å². The van der Waals surface area contributed by atoms with Crippen molar-refractivity contribution in [2.24, 2.45) is 0 Å². The molecule has 0 N–H and O–H groups in total. The minimum absolute atomic E-state index is 0.0523. The SMILES string of the molecule is Cc1nnc([C@H]2CN(C(=O)c3cccn3C3CCCC3)CCO2)o1. The molecular weight excluding hydrogens is 308 g/mol. The fourth-order valence-corrected chi connectivity index (χ4v) is 3.66. The van der Waals surface area contributed by atoms with Crippen LogP contribution in [0.15, 0.2) is 22.7 Å². The lowest BCUT2D eigenvalue weighted by Gasteiger charge is -2.32. The van der Waals surface area contributed by atoms with Gasteiger partial charge in [0.15, 0.2) is 6.10 Å². The first-order chi connectivity index (χ1) is 11.7. The molecule has 0 aromatic carbocycles. The predicted molar refractivity (Wildman–Crippen MR) is 85.6 cm³/mol. The quantitative estimate of drug-likeness (QED) is 0.864. The number of aromatic nitrogens is 3. The number of amides is 1. The summed E-state index contributed by atoms with van der Waals surface area (Å²) in [7, 11) is 0. The Bertz CT molecular complexity index is 717. The summed E-state index contributed by atoms with van der Waals surface area (Å²) < 4.78 is 13.3. The van der Waals surface area contributed by atoms with Crippen molar-refractivity contribution in [2.75, 3.05) is 19.7 Å². The van der Waals surface area contributed by atoms with Crippen molar-refractivity contribution in [3.63, 3.8) is 0 Å². The van der Waals surface area contributed by atoms with Crippen LogP contribution in [0.4, 0.5) is 0 Å². The lowest BCUT2D eigenvalue weighted by molar-refractivity contribution is -0.0352. The van der Waals surface area contributed by atoms with Crippen LogP contribution in [0.2, 0.25) is 0 Å². The Kier molecular flexibility index (Phi) is 4.10. The van der Waals surface area contributed by atoms with Crippen LogP contribution in [-0.4, -0.2) is 45.3 Å². The fourth-order valence-electron chi connectivity index (χ4n) is 3.66. The largest absolute Gasteiger partial charge is 0.423 e. The average Bonchev–Trinajstić information content (AvgIpc) is 3.34. The topological polar surface area (TPSA) is 73.4 Å². The van der Waals surface area contributed by atoms with Gasteiger partial charge in [0.2, 0.25) is 11.8 Å². The highest BCUT2D eigenvalue weighted by atomic mass is 16.5. The van der Waals surface area contributed by atoms with Crippen molar-refractivity contribution in [3.05, 3.63) is 35.8 Å². The maximum absolute atomic E-state index is 13.0. The van der Waals surface area contributed by atoms with Gasteiger partial charge in [-0.25, -0.2) is 0 Å². The summed E-state index contributed by atoms with van der Waals surface area (Å²) in [6, 6.07) is 4.33. The highest BCUT2D eigenvalue weighted by Crippen LogP contribution is 2.31. The zero-order valence-corrected chi connectivity index (χ0v) is 13.9. The first-order valence-corrected chi connectivity index (χ1v) is 8.60. The second-order valence-corrected chi connectivity index (χ2v) is 6.51. The van der Waals surface area contributed by atoms with Gasteiger partial charge in [-0.2, -0.15) is 0 Å². The Hall–Kier alpha value is -2.15. The molecule has 2 fully saturated rings. The first kappa shape index (κ1) is 15.4. The van der Waals surface area contributed by atoms with Crippen LogP contribution in [-0.2, 0) is 4.74 Å². The lowest BCUT2D eigenvalue weighted by atomic mass is 10.2. The Morgan fingerprint density at radius 1 is 1.29 bits per heavy atom. The smallest absolute Gasteiger partial charge is 0.270 e. The number of ether oxygens (including phenoxy) is 1. The molecule has 0 bridgehead atoms. The predicted octanol–water partition coefficient (Wildman–Crippen LogP) is 2.51. The molecule has 7 nitrogen and oxygen atoms in total. The van der Waals surface area contributed by atoms with Crippen molar-refractivity contribution in [2.45, 2.75) is 44.8 Å². The number of aryl methyl sites for hydroxylation is 1. The van der Waals surface area contributed by atoms with E-state index in [9.17, 15) is 4.79 Å². The minimum atomic E-state index is -0.348. The molecule has 2 aromatic heterocycles. The Morgan fingerprint density at radius 2 is 2.12 bits per heavy atom. The van der Waals surface area contributed by atoms with E-state index in [-0.39, 0.29) is 12.0 Å². The van der Waals surface area contributed by atoms with Gasteiger partial charge in [0.05, 0.1) is 13.2 Å². The van der Waals surface area contributed by atoms with Gasteiger partial charge in [-0.05, 0) is 25.0 Å². The van der Waals surface area contributed by atoms with Crippen molar-refractivity contribution in [3.8, 4) is 0 Å². The number of morpholine rings is 1. The van der Waals surface area contributed by atoms with E-state index >= 15 is 0 Å². The van der Waals surface area contributed by atoms with Crippen molar-refractivity contribution < 1.29 is 13.9 Å². The molecule has 24 heavy (non-hydrogen) atoms. The van der Waals surface area contributed by atoms with E-state index in [1.165, 1.54) is 12.8 Å². The van der Waals surface area contributed by atoms with Crippen LogP contribution in [0.5, 0.6) is 0 Å². The molecule has 1 saturated heterocycles. The van der Waals surface area contributed by atoms with Crippen LogP contribution in [0.25, 0.3) is 0 Å². The van der Waals surface area contributed by atoms with Gasteiger partial charge >= 0.3 is 0 Å². The van der Waals surface area contributed by atoms with Crippen molar-refractivity contribution in [1.82, 2.24) is 19.7 Å². The molecule has 0 unspecified atom stereocenters. The summed E-state index contributed by atoms with van der Waals surface area (Å²) in [4.78, 5) is 14.8. The Labute approximate surface area is 140 Å². The molecule has 0 radical (unpaired) electrons. The van der Waals surface area contributed by atoms with Gasteiger partial charge in [0.25, 0.3) is 5.91 Å². The molecular formula is C17H22N4O3. The number of rotatable bonds is 3. The van der Waals surface area contributed by atoms with Crippen molar-refractivity contribution >= 4 is 5.91 Å². The van der Waals surface area contributed by atoms with E-state index in [1.807, 2.05) is 23.2 Å². The summed E-state index contributed by atoms with van der Waals surface area (Å²) in [6.07, 6.45) is 6.48. The van der Waals surface area contributed by atoms with Crippen LogP contribution >= 0.6 is 0 Å². The molecule has 0 spiro atoms. The van der Waals surface area contributed by atoms with Crippen LogP contribution < -0.4 is 0 Å². The lowest BCUT2D eigenvalue weighted by Crippen LogP contribution is -2.43. The summed E-state index contributed by atoms with van der Waals surface area (Å²) >= 11 is 0. The third-order valence-electron chi connectivity index (χ3n) is 4.89. The highest BCUT2D eigenvalue weighted by molar-refractivity contribution is 5.93. The molecule has 1 amide bonds. The highest BCUT2D eigenvalue weighted by Gasteiger charge is 2.31. The molecule has 128 valence electrons. The van der Waals surface area contributed by atoms with Crippen LogP contribution in [0, 0.1) is 6.92 Å². The van der Waals surface area contributed by atoms with E-state index in [4.69, 9.17) is 9.15 Å². The molecule has 2 aromatic rings. The maximum atomic E-state index is 13.0. The number of carbonyl (C=O) groups is 1. The second kappa shape index (κ2) is 6.39. The molecule has 1 atom stereocenters. The third-order valence-corrected chi connectivity index (χ3v) is 4.89. The molecule has 1 saturated carbocycles. The maximum Gasteiger partial charge on any atom is 0.270 e. The van der Waals surface area contributed by atoms with E-state index in [2.05, 4.69) is 14.8 Å². The minimum Gasteiger partial charge on any atom is -0.423 e. The Morgan fingerprint density at radius 3 is 2.88 bits per heavy atom. The summed E-state index contributed by atoms with van der Waals surface area (Å²) in [5.74, 6) is 1.000. The normalized spacial score (nSPS) is 22.2. The van der Waals surface area contributed by atoms with Crippen LogP contribution in [0.3, 0.4) is 0 Å². The zero-order valence-electron chi connectivity index (χ0n) is 13.9. The molecule has 4 rings (SSSR count). The number of nitrogens with zero attached hydrogens (tertiary/aromatic N) is 4. The number of hydrogen-bond acceptors (Lipinski definition) is 5. The van der Waals surface area contributed by atoms with Gasteiger partial charge in [-0.15, -0.1) is 10.2 Å². The van der Waals surface area contributed by atoms with Gasteiger partial charge in [0.1, 0.15) is 5.69 Å². The molecule has 1 aliphatic heterocycles. The molecule has 2 aliphatic rings. The van der Waals surface area contributed by atoms with Gasteiger partial charge in [-0.3, -0.25) is 4.79 Å². The molecule has 3 heterocycles. The number of hydrogen-bond donors (Lipinski definition) is 0. The summed E-state index contributed by atoms with van der Waals surface area (Å²) in [5, 5.41) is 7.87. The summed E-state index contributed by atoms with van der Waals surface area (Å²) in [6.45, 7) is 3.24. The standard InChI is InChI=1S/C17H22N4O3/c1-12-18-19-16(24-12)15-11-20(9-10-23-15)17(22)14-7-4-8-21(14)13-5-2-3-6-13/h4,7-8,13,15H,2-3,5-6,9-11H2,1H3/t15-/m1/s1. The van der Waals surface area contributed by atoms with Gasteiger partial charge in [0, 0.05) is 25.7 Å².